The maximum Gasteiger partial charge on any atom is 0.265 e. The number of amides is 2. The second-order valence-electron chi connectivity index (χ2n) is 7.54. The molecule has 0 spiro atoms. The van der Waals surface area contributed by atoms with E-state index in [4.69, 9.17) is 14.0 Å². The highest BCUT2D eigenvalue weighted by Gasteiger charge is 2.36. The largest absolute Gasteiger partial charge is 0.476 e. The van der Waals surface area contributed by atoms with Crippen LogP contribution < -0.4 is 9.64 Å². The normalized spacial score (nSPS) is 18.2. The minimum Gasteiger partial charge on any atom is -0.476 e. The molecule has 10 heteroatoms. The van der Waals surface area contributed by atoms with Gasteiger partial charge >= 0.3 is 0 Å². The van der Waals surface area contributed by atoms with E-state index in [9.17, 15) is 9.59 Å². The van der Waals surface area contributed by atoms with Crippen LogP contribution in [0.1, 0.15) is 12.3 Å². The number of anilines is 1. The first-order valence-corrected chi connectivity index (χ1v) is 11.4. The van der Waals surface area contributed by atoms with Gasteiger partial charge in [-0.15, -0.1) is 0 Å². The summed E-state index contributed by atoms with van der Waals surface area (Å²) in [7, 11) is 0. The molecule has 1 aromatic carbocycles. The van der Waals surface area contributed by atoms with Gasteiger partial charge < -0.3 is 23.8 Å². The van der Waals surface area contributed by atoms with Crippen LogP contribution in [0.5, 0.6) is 5.75 Å². The third-order valence-corrected chi connectivity index (χ3v) is 6.16. The van der Waals surface area contributed by atoms with Crippen molar-refractivity contribution in [3.8, 4) is 17.1 Å². The van der Waals surface area contributed by atoms with Crippen LogP contribution in [0.15, 0.2) is 45.6 Å². The Morgan fingerprint density at radius 1 is 1.16 bits per heavy atom. The highest BCUT2D eigenvalue weighted by atomic mass is 32.1. The Kier molecular flexibility index (Phi) is 5.87. The smallest absolute Gasteiger partial charge is 0.265 e. The van der Waals surface area contributed by atoms with Crippen molar-refractivity contribution in [2.75, 3.05) is 37.7 Å². The van der Waals surface area contributed by atoms with Gasteiger partial charge in [0.1, 0.15) is 5.75 Å². The molecule has 1 atom stereocenters. The van der Waals surface area contributed by atoms with E-state index in [2.05, 4.69) is 10.1 Å². The number of benzene rings is 1. The van der Waals surface area contributed by atoms with Crippen molar-refractivity contribution < 1.29 is 23.6 Å². The number of carbonyl (C=O) groups excluding carboxylic acids is 2. The molecule has 4 heterocycles. The molecule has 0 radical (unpaired) electrons. The zero-order valence-electron chi connectivity index (χ0n) is 17.3. The van der Waals surface area contributed by atoms with E-state index in [1.807, 2.05) is 35.0 Å². The van der Waals surface area contributed by atoms with Crippen LogP contribution in [0, 0.1) is 0 Å². The maximum atomic E-state index is 13.2. The lowest BCUT2D eigenvalue weighted by molar-refractivity contribution is -0.142. The lowest BCUT2D eigenvalue weighted by atomic mass is 10.1. The SMILES string of the molecule is O=C([C@@H]1CN(C(=O)CCc2nc(-c3ccsc3)no2)c2ccccc2O1)N1CCOCC1. The number of aryl methyl sites for hydroxylation is 1. The molecule has 32 heavy (non-hydrogen) atoms. The first-order valence-electron chi connectivity index (χ1n) is 10.5. The number of hydrogen-bond donors (Lipinski definition) is 0. The molecule has 2 aliphatic heterocycles. The molecule has 0 unspecified atom stereocenters. The van der Waals surface area contributed by atoms with E-state index in [0.717, 1.165) is 5.56 Å². The summed E-state index contributed by atoms with van der Waals surface area (Å²) in [4.78, 5) is 33.9. The van der Waals surface area contributed by atoms with Crippen molar-refractivity contribution >= 4 is 28.8 Å². The average Bonchev–Trinajstić information content (AvgIpc) is 3.54. The van der Waals surface area contributed by atoms with Gasteiger partial charge in [-0.25, -0.2) is 0 Å². The van der Waals surface area contributed by atoms with E-state index < -0.39 is 6.10 Å². The fourth-order valence-electron chi connectivity index (χ4n) is 3.80. The highest BCUT2D eigenvalue weighted by Crippen LogP contribution is 2.34. The van der Waals surface area contributed by atoms with Crippen molar-refractivity contribution in [2.45, 2.75) is 18.9 Å². The minimum atomic E-state index is -0.749. The van der Waals surface area contributed by atoms with Crippen molar-refractivity contribution in [3.63, 3.8) is 0 Å². The molecular formula is C22H22N4O5S. The highest BCUT2D eigenvalue weighted by molar-refractivity contribution is 7.08. The Labute approximate surface area is 188 Å². The molecule has 0 saturated carbocycles. The summed E-state index contributed by atoms with van der Waals surface area (Å²) in [6, 6.07) is 9.19. The predicted octanol–water partition coefficient (Wildman–Crippen LogP) is 2.38. The number of morpholine rings is 1. The maximum absolute atomic E-state index is 13.2. The average molecular weight is 455 g/mol. The lowest BCUT2D eigenvalue weighted by Crippen LogP contribution is -2.54. The van der Waals surface area contributed by atoms with Gasteiger partial charge in [0, 0.05) is 36.9 Å². The zero-order valence-corrected chi connectivity index (χ0v) is 18.1. The van der Waals surface area contributed by atoms with Gasteiger partial charge in [0.05, 0.1) is 25.4 Å². The quantitative estimate of drug-likeness (QED) is 0.584. The molecular weight excluding hydrogens is 432 g/mol. The van der Waals surface area contributed by atoms with Gasteiger partial charge in [0.15, 0.2) is 6.10 Å². The number of aromatic nitrogens is 2. The molecule has 2 aliphatic rings. The third-order valence-electron chi connectivity index (χ3n) is 5.47. The predicted molar refractivity (Wildman–Crippen MR) is 117 cm³/mol. The number of thiophene rings is 1. The molecule has 1 saturated heterocycles. The Morgan fingerprint density at radius 2 is 2.00 bits per heavy atom. The summed E-state index contributed by atoms with van der Waals surface area (Å²) in [6.07, 6.45) is -0.254. The summed E-state index contributed by atoms with van der Waals surface area (Å²) in [5.41, 5.74) is 1.55. The van der Waals surface area contributed by atoms with Crippen LogP contribution in [0.2, 0.25) is 0 Å². The van der Waals surface area contributed by atoms with Crippen LogP contribution in [0.25, 0.3) is 11.4 Å². The van der Waals surface area contributed by atoms with Crippen molar-refractivity contribution in [1.82, 2.24) is 15.0 Å². The second-order valence-corrected chi connectivity index (χ2v) is 8.32. The minimum absolute atomic E-state index is 0.127. The van der Waals surface area contributed by atoms with Crippen molar-refractivity contribution in [2.24, 2.45) is 0 Å². The topological polar surface area (TPSA) is 98.0 Å². The van der Waals surface area contributed by atoms with E-state index in [1.54, 1.807) is 27.2 Å². The van der Waals surface area contributed by atoms with Gasteiger partial charge in [0.25, 0.3) is 5.91 Å². The van der Waals surface area contributed by atoms with Crippen LogP contribution in [-0.2, 0) is 20.7 Å². The molecule has 0 bridgehead atoms. The van der Waals surface area contributed by atoms with Crippen LogP contribution in [0.4, 0.5) is 5.69 Å². The van der Waals surface area contributed by atoms with Gasteiger partial charge in [-0.3, -0.25) is 9.59 Å². The molecule has 9 nitrogen and oxygen atoms in total. The van der Waals surface area contributed by atoms with Gasteiger partial charge in [-0.1, -0.05) is 17.3 Å². The molecule has 3 aromatic rings. The number of fused-ring (bicyclic) bond motifs is 1. The summed E-state index contributed by atoms with van der Waals surface area (Å²) in [6.45, 7) is 2.23. The van der Waals surface area contributed by atoms with Crippen LogP contribution in [0.3, 0.4) is 0 Å². The third kappa shape index (κ3) is 4.23. The van der Waals surface area contributed by atoms with Crippen LogP contribution >= 0.6 is 11.3 Å². The second kappa shape index (κ2) is 9.09. The number of hydrogen-bond acceptors (Lipinski definition) is 8. The Hall–Kier alpha value is -3.24. The molecule has 2 aromatic heterocycles. The number of nitrogens with zero attached hydrogens (tertiary/aromatic N) is 4. The first-order chi connectivity index (χ1) is 15.7. The van der Waals surface area contributed by atoms with Crippen molar-refractivity contribution in [1.29, 1.82) is 0 Å². The standard InChI is InChI=1S/C22H22N4O5S/c27-20(6-5-19-23-21(24-31-19)15-7-12-32-14-15)26-13-18(22(28)25-8-10-29-11-9-25)30-17-4-2-1-3-16(17)26/h1-4,7,12,14,18H,5-6,8-11,13H2/t18-/m0/s1. The summed E-state index contributed by atoms with van der Waals surface area (Å²) >= 11 is 1.55. The van der Waals surface area contributed by atoms with E-state index in [1.165, 1.54) is 0 Å². The summed E-state index contributed by atoms with van der Waals surface area (Å²) < 4.78 is 16.6. The molecule has 166 valence electrons. The van der Waals surface area contributed by atoms with E-state index in [-0.39, 0.29) is 24.8 Å². The van der Waals surface area contributed by atoms with E-state index in [0.29, 0.717) is 55.9 Å². The van der Waals surface area contributed by atoms with Gasteiger partial charge in [0.2, 0.25) is 17.6 Å². The lowest BCUT2D eigenvalue weighted by Gasteiger charge is -2.37. The number of ether oxygens (including phenoxy) is 2. The van der Waals surface area contributed by atoms with Gasteiger partial charge in [-0.05, 0) is 23.6 Å². The van der Waals surface area contributed by atoms with Gasteiger partial charge in [-0.2, -0.15) is 16.3 Å². The summed E-state index contributed by atoms with van der Waals surface area (Å²) in [5.74, 6) is 1.19. The van der Waals surface area contributed by atoms with Crippen molar-refractivity contribution in [3.05, 3.63) is 47.0 Å². The molecule has 0 N–H and O–H groups in total. The molecule has 5 rings (SSSR count). The van der Waals surface area contributed by atoms with E-state index >= 15 is 0 Å². The molecule has 2 amide bonds. The number of para-hydroxylation sites is 2. The molecule has 1 fully saturated rings. The van der Waals surface area contributed by atoms with Crippen LogP contribution in [-0.4, -0.2) is 65.8 Å². The number of carbonyl (C=O) groups is 2. The Balaban J connectivity index is 1.29. The number of rotatable bonds is 5. The molecule has 0 aliphatic carbocycles. The zero-order chi connectivity index (χ0) is 21.9. The fraction of sp³-hybridized carbons (Fsp3) is 0.364. The Morgan fingerprint density at radius 3 is 2.81 bits per heavy atom. The first kappa shape index (κ1) is 20.7. The monoisotopic (exact) mass is 454 g/mol. The Bertz CT molecular complexity index is 1090. The summed E-state index contributed by atoms with van der Waals surface area (Å²) in [5, 5.41) is 7.87. The fourth-order valence-corrected chi connectivity index (χ4v) is 4.44.